The molecule has 1 aromatic heterocycles. The summed E-state index contributed by atoms with van der Waals surface area (Å²) in [7, 11) is -2.28. The van der Waals surface area contributed by atoms with Crippen LogP contribution in [0.25, 0.3) is 10.9 Å². The van der Waals surface area contributed by atoms with Gasteiger partial charge in [0, 0.05) is 25.2 Å². The Bertz CT molecular complexity index is 731. The van der Waals surface area contributed by atoms with Crippen LogP contribution in [0.1, 0.15) is 5.56 Å². The van der Waals surface area contributed by atoms with Gasteiger partial charge in [-0.2, -0.15) is 0 Å². The monoisotopic (exact) mass is 310 g/mol. The van der Waals surface area contributed by atoms with Crippen molar-refractivity contribution in [1.82, 2.24) is 9.71 Å². The fourth-order valence-corrected chi connectivity index (χ4v) is 3.33. The second-order valence-corrected chi connectivity index (χ2v) is 6.48. The SMILES string of the molecule is COCC(O)CNS(=O)(=O)c1ccc(C)c2ncccc12. The summed E-state index contributed by atoms with van der Waals surface area (Å²) < 4.78 is 31.9. The molecule has 0 saturated heterocycles. The molecule has 0 amide bonds. The molecule has 114 valence electrons. The number of ether oxygens (including phenoxy) is 1. The van der Waals surface area contributed by atoms with E-state index in [4.69, 9.17) is 4.74 Å². The van der Waals surface area contributed by atoms with E-state index in [1.165, 1.54) is 7.11 Å². The molecule has 0 saturated carbocycles. The van der Waals surface area contributed by atoms with Crippen molar-refractivity contribution in [2.75, 3.05) is 20.3 Å². The molecule has 2 rings (SSSR count). The van der Waals surface area contributed by atoms with Crippen LogP contribution in [0, 0.1) is 6.92 Å². The second-order valence-electron chi connectivity index (χ2n) is 4.74. The Morgan fingerprint density at radius 1 is 1.38 bits per heavy atom. The third kappa shape index (κ3) is 3.56. The summed E-state index contributed by atoms with van der Waals surface area (Å²) in [6.45, 7) is 1.84. The summed E-state index contributed by atoms with van der Waals surface area (Å²) in [6.07, 6.45) is 0.737. The van der Waals surface area contributed by atoms with Crippen LogP contribution < -0.4 is 4.72 Å². The maximum absolute atomic E-state index is 12.4. The summed E-state index contributed by atoms with van der Waals surface area (Å²) in [6, 6.07) is 6.68. The van der Waals surface area contributed by atoms with Gasteiger partial charge in [0.1, 0.15) is 0 Å². The van der Waals surface area contributed by atoms with Crippen molar-refractivity contribution >= 4 is 20.9 Å². The number of hydrogen-bond donors (Lipinski definition) is 2. The Morgan fingerprint density at radius 3 is 2.86 bits per heavy atom. The van der Waals surface area contributed by atoms with Crippen LogP contribution in [-0.2, 0) is 14.8 Å². The van der Waals surface area contributed by atoms with E-state index in [-0.39, 0.29) is 18.0 Å². The molecular formula is C14H18N2O4S. The number of rotatable bonds is 6. The van der Waals surface area contributed by atoms with Gasteiger partial charge in [0.25, 0.3) is 0 Å². The fourth-order valence-electron chi connectivity index (χ4n) is 2.06. The molecule has 1 atom stereocenters. The van der Waals surface area contributed by atoms with Gasteiger partial charge < -0.3 is 9.84 Å². The zero-order chi connectivity index (χ0) is 15.5. The standard InChI is InChI=1S/C14H18N2O4S/c1-10-5-6-13(12-4-3-7-15-14(10)12)21(18,19)16-8-11(17)9-20-2/h3-7,11,16-17H,8-9H2,1-2H3. The van der Waals surface area contributed by atoms with Crippen LogP contribution in [-0.4, -0.2) is 44.9 Å². The van der Waals surface area contributed by atoms with Crippen LogP contribution in [0.3, 0.4) is 0 Å². The maximum atomic E-state index is 12.4. The minimum Gasteiger partial charge on any atom is -0.389 e. The predicted molar refractivity (Wildman–Crippen MR) is 79.6 cm³/mol. The Kier molecular flexibility index (Phi) is 4.89. The first kappa shape index (κ1) is 15.8. The van der Waals surface area contributed by atoms with E-state index in [0.717, 1.165) is 5.56 Å². The van der Waals surface area contributed by atoms with Crippen molar-refractivity contribution in [2.24, 2.45) is 0 Å². The maximum Gasteiger partial charge on any atom is 0.241 e. The van der Waals surface area contributed by atoms with Gasteiger partial charge >= 0.3 is 0 Å². The number of methoxy groups -OCH3 is 1. The summed E-state index contributed by atoms with van der Waals surface area (Å²) >= 11 is 0. The van der Waals surface area contributed by atoms with E-state index in [9.17, 15) is 13.5 Å². The number of hydrogen-bond acceptors (Lipinski definition) is 5. The minimum atomic E-state index is -3.72. The lowest BCUT2D eigenvalue weighted by molar-refractivity contribution is 0.0679. The average molecular weight is 310 g/mol. The van der Waals surface area contributed by atoms with Gasteiger partial charge in [-0.25, -0.2) is 13.1 Å². The summed E-state index contributed by atoms with van der Waals surface area (Å²) in [5.41, 5.74) is 1.56. The van der Waals surface area contributed by atoms with E-state index in [0.29, 0.717) is 10.9 Å². The van der Waals surface area contributed by atoms with Gasteiger partial charge in [0.05, 0.1) is 23.1 Å². The highest BCUT2D eigenvalue weighted by molar-refractivity contribution is 7.89. The van der Waals surface area contributed by atoms with E-state index in [1.54, 1.807) is 30.5 Å². The highest BCUT2D eigenvalue weighted by atomic mass is 32.2. The highest BCUT2D eigenvalue weighted by Gasteiger charge is 2.19. The molecule has 0 spiro atoms. The Balaban J connectivity index is 2.35. The van der Waals surface area contributed by atoms with E-state index < -0.39 is 16.1 Å². The van der Waals surface area contributed by atoms with Crippen molar-refractivity contribution in [3.63, 3.8) is 0 Å². The molecule has 2 aromatic rings. The number of benzene rings is 1. The molecular weight excluding hydrogens is 292 g/mol. The molecule has 6 nitrogen and oxygen atoms in total. The van der Waals surface area contributed by atoms with Gasteiger partial charge in [0.15, 0.2) is 0 Å². The first-order valence-corrected chi connectivity index (χ1v) is 7.95. The molecule has 2 N–H and O–H groups in total. The number of nitrogens with one attached hydrogen (secondary N) is 1. The molecule has 1 heterocycles. The van der Waals surface area contributed by atoms with Crippen LogP contribution in [0.5, 0.6) is 0 Å². The lowest BCUT2D eigenvalue weighted by Crippen LogP contribution is -2.34. The molecule has 0 aliphatic carbocycles. The van der Waals surface area contributed by atoms with Crippen molar-refractivity contribution < 1.29 is 18.3 Å². The van der Waals surface area contributed by atoms with Gasteiger partial charge in [-0.1, -0.05) is 6.07 Å². The Hall–Kier alpha value is -1.54. The zero-order valence-corrected chi connectivity index (χ0v) is 12.7. The quantitative estimate of drug-likeness (QED) is 0.825. The van der Waals surface area contributed by atoms with Gasteiger partial charge in [-0.15, -0.1) is 0 Å². The Morgan fingerprint density at radius 2 is 2.14 bits per heavy atom. The Labute approximate surface area is 123 Å². The molecule has 0 aliphatic heterocycles. The smallest absolute Gasteiger partial charge is 0.241 e. The molecule has 0 aliphatic rings. The summed E-state index contributed by atoms with van der Waals surface area (Å²) in [5.74, 6) is 0. The summed E-state index contributed by atoms with van der Waals surface area (Å²) in [5, 5.41) is 10.1. The normalized spacial score (nSPS) is 13.5. The van der Waals surface area contributed by atoms with Crippen LogP contribution in [0.4, 0.5) is 0 Å². The third-order valence-corrected chi connectivity index (χ3v) is 4.57. The van der Waals surface area contributed by atoms with Crippen LogP contribution in [0.2, 0.25) is 0 Å². The van der Waals surface area contributed by atoms with Gasteiger partial charge in [-0.05, 0) is 30.7 Å². The molecule has 0 bridgehead atoms. The third-order valence-electron chi connectivity index (χ3n) is 3.09. The topological polar surface area (TPSA) is 88.5 Å². The van der Waals surface area contributed by atoms with Crippen LogP contribution in [0.15, 0.2) is 35.4 Å². The lowest BCUT2D eigenvalue weighted by atomic mass is 10.1. The molecule has 21 heavy (non-hydrogen) atoms. The number of sulfonamides is 1. The number of pyridine rings is 1. The highest BCUT2D eigenvalue weighted by Crippen LogP contribution is 2.23. The van der Waals surface area contributed by atoms with Crippen molar-refractivity contribution in [3.05, 3.63) is 36.0 Å². The van der Waals surface area contributed by atoms with E-state index in [2.05, 4.69) is 9.71 Å². The van der Waals surface area contributed by atoms with Crippen molar-refractivity contribution in [1.29, 1.82) is 0 Å². The number of aryl methyl sites for hydroxylation is 1. The number of nitrogens with zero attached hydrogens (tertiary/aromatic N) is 1. The first-order chi connectivity index (χ1) is 9.95. The largest absolute Gasteiger partial charge is 0.389 e. The van der Waals surface area contributed by atoms with Crippen LogP contribution >= 0.6 is 0 Å². The van der Waals surface area contributed by atoms with E-state index >= 15 is 0 Å². The molecule has 1 aromatic carbocycles. The average Bonchev–Trinajstić information content (AvgIpc) is 2.46. The van der Waals surface area contributed by atoms with Gasteiger partial charge in [-0.3, -0.25) is 4.98 Å². The summed E-state index contributed by atoms with van der Waals surface area (Å²) in [4.78, 5) is 4.37. The number of aliphatic hydroxyl groups excluding tert-OH is 1. The lowest BCUT2D eigenvalue weighted by Gasteiger charge is -2.13. The van der Waals surface area contributed by atoms with Gasteiger partial charge in [0.2, 0.25) is 10.0 Å². The van der Waals surface area contributed by atoms with Crippen molar-refractivity contribution in [3.8, 4) is 0 Å². The first-order valence-electron chi connectivity index (χ1n) is 6.46. The molecule has 0 fully saturated rings. The fraction of sp³-hybridized carbons (Fsp3) is 0.357. The molecule has 1 unspecified atom stereocenters. The van der Waals surface area contributed by atoms with E-state index in [1.807, 2.05) is 6.92 Å². The van der Waals surface area contributed by atoms with Crippen molar-refractivity contribution in [2.45, 2.75) is 17.9 Å². The second kappa shape index (κ2) is 6.48. The number of fused-ring (bicyclic) bond motifs is 1. The molecule has 7 heteroatoms. The number of aliphatic hydroxyl groups is 1. The molecule has 0 radical (unpaired) electrons. The minimum absolute atomic E-state index is 0.0682. The zero-order valence-electron chi connectivity index (χ0n) is 11.9. The number of aromatic nitrogens is 1. The predicted octanol–water partition coefficient (Wildman–Crippen LogP) is 0.829.